The summed E-state index contributed by atoms with van der Waals surface area (Å²) in [6.07, 6.45) is 0. The van der Waals surface area contributed by atoms with Gasteiger partial charge in [-0.1, -0.05) is 72.3 Å². The predicted molar refractivity (Wildman–Crippen MR) is 123 cm³/mol. The predicted octanol–water partition coefficient (Wildman–Crippen LogP) is 5.02. The van der Waals surface area contributed by atoms with Crippen molar-refractivity contribution >= 4 is 17.4 Å². The lowest BCUT2D eigenvalue weighted by molar-refractivity contribution is -0.140. The van der Waals surface area contributed by atoms with E-state index in [-0.39, 0.29) is 17.9 Å². The van der Waals surface area contributed by atoms with Gasteiger partial charge in [-0.2, -0.15) is 0 Å². The SMILES string of the molecule is CCOc1ccc(CN2C(=O)C(=O)/C(=C(\O)c3ccc(C)cc3)C2c2ccccc2)cc1. The van der Waals surface area contributed by atoms with Crippen LogP contribution in [0.2, 0.25) is 0 Å². The molecule has 1 atom stereocenters. The van der Waals surface area contributed by atoms with Gasteiger partial charge in [0, 0.05) is 12.1 Å². The summed E-state index contributed by atoms with van der Waals surface area (Å²) in [5, 5.41) is 11.1. The van der Waals surface area contributed by atoms with Gasteiger partial charge in [-0.15, -0.1) is 0 Å². The number of hydrogen-bond acceptors (Lipinski definition) is 4. The molecule has 1 unspecified atom stereocenters. The van der Waals surface area contributed by atoms with Gasteiger partial charge in [0.25, 0.3) is 11.7 Å². The van der Waals surface area contributed by atoms with Crippen molar-refractivity contribution < 1.29 is 19.4 Å². The zero-order valence-electron chi connectivity index (χ0n) is 18.1. The molecule has 5 heteroatoms. The van der Waals surface area contributed by atoms with Crippen molar-refractivity contribution in [1.82, 2.24) is 4.90 Å². The van der Waals surface area contributed by atoms with Gasteiger partial charge in [0.1, 0.15) is 11.5 Å². The fourth-order valence-electron chi connectivity index (χ4n) is 3.95. The van der Waals surface area contributed by atoms with E-state index in [1.54, 1.807) is 12.1 Å². The van der Waals surface area contributed by atoms with Gasteiger partial charge in [-0.25, -0.2) is 0 Å². The topological polar surface area (TPSA) is 66.8 Å². The molecule has 0 saturated carbocycles. The summed E-state index contributed by atoms with van der Waals surface area (Å²) in [7, 11) is 0. The van der Waals surface area contributed by atoms with Crippen molar-refractivity contribution in [2.75, 3.05) is 6.61 Å². The van der Waals surface area contributed by atoms with Crippen LogP contribution in [0, 0.1) is 6.92 Å². The number of Topliss-reactive ketones (excluding diaryl/α,β-unsaturated/α-hetero) is 1. The van der Waals surface area contributed by atoms with Gasteiger partial charge < -0.3 is 14.7 Å². The Morgan fingerprint density at radius 3 is 2.22 bits per heavy atom. The minimum atomic E-state index is -0.678. The quantitative estimate of drug-likeness (QED) is 0.341. The lowest BCUT2D eigenvalue weighted by Crippen LogP contribution is -2.29. The fourth-order valence-corrected chi connectivity index (χ4v) is 3.95. The van der Waals surface area contributed by atoms with Gasteiger partial charge in [0.2, 0.25) is 0 Å². The third-order valence-corrected chi connectivity index (χ3v) is 5.57. The molecular weight excluding hydrogens is 402 g/mol. The molecule has 1 aliphatic heterocycles. The highest BCUT2D eigenvalue weighted by atomic mass is 16.5. The zero-order chi connectivity index (χ0) is 22.7. The molecule has 1 N–H and O–H groups in total. The molecule has 3 aromatic rings. The third-order valence-electron chi connectivity index (χ3n) is 5.57. The second-order valence-corrected chi connectivity index (χ2v) is 7.78. The molecule has 1 heterocycles. The van der Waals surface area contributed by atoms with E-state index < -0.39 is 17.7 Å². The molecule has 5 nitrogen and oxygen atoms in total. The minimum absolute atomic E-state index is 0.107. The number of carbonyl (C=O) groups excluding carboxylic acids is 2. The third kappa shape index (κ3) is 4.14. The first-order chi connectivity index (χ1) is 15.5. The molecule has 4 rings (SSSR count). The van der Waals surface area contributed by atoms with Crippen LogP contribution in [0.1, 0.15) is 35.2 Å². The molecular formula is C27H25NO4. The molecule has 0 bridgehead atoms. The first kappa shape index (κ1) is 21.4. The summed E-state index contributed by atoms with van der Waals surface area (Å²) in [4.78, 5) is 27.7. The van der Waals surface area contributed by atoms with Crippen LogP contribution >= 0.6 is 0 Å². The van der Waals surface area contributed by atoms with E-state index in [9.17, 15) is 14.7 Å². The molecule has 0 spiro atoms. The molecule has 1 fully saturated rings. The Kier molecular flexibility index (Phi) is 6.08. The maximum Gasteiger partial charge on any atom is 0.295 e. The number of ether oxygens (including phenoxy) is 1. The normalized spacial score (nSPS) is 17.6. The molecule has 0 aromatic heterocycles. The number of aliphatic hydroxyl groups excluding tert-OH is 1. The molecule has 0 aliphatic carbocycles. The molecule has 0 radical (unpaired) electrons. The number of amides is 1. The Bertz CT molecular complexity index is 1150. The number of rotatable bonds is 6. The van der Waals surface area contributed by atoms with E-state index in [4.69, 9.17) is 4.74 Å². The van der Waals surface area contributed by atoms with Crippen LogP contribution in [-0.4, -0.2) is 28.3 Å². The number of nitrogens with zero attached hydrogens (tertiary/aromatic N) is 1. The molecule has 32 heavy (non-hydrogen) atoms. The van der Waals surface area contributed by atoms with Gasteiger partial charge in [0.15, 0.2) is 0 Å². The first-order valence-electron chi connectivity index (χ1n) is 10.6. The number of benzene rings is 3. The largest absolute Gasteiger partial charge is 0.507 e. The number of aryl methyl sites for hydroxylation is 1. The second-order valence-electron chi connectivity index (χ2n) is 7.78. The average Bonchev–Trinajstić information content (AvgIpc) is 3.06. The van der Waals surface area contributed by atoms with E-state index in [0.717, 1.165) is 22.4 Å². The smallest absolute Gasteiger partial charge is 0.295 e. The van der Waals surface area contributed by atoms with Crippen LogP contribution in [0.25, 0.3) is 5.76 Å². The van der Waals surface area contributed by atoms with E-state index >= 15 is 0 Å². The summed E-state index contributed by atoms with van der Waals surface area (Å²) in [6, 6.07) is 23.3. The summed E-state index contributed by atoms with van der Waals surface area (Å²) < 4.78 is 5.49. The van der Waals surface area contributed by atoms with Gasteiger partial charge in [-0.05, 0) is 37.1 Å². The number of carbonyl (C=O) groups is 2. The molecule has 1 saturated heterocycles. The standard InChI is InChI=1S/C27H25NO4/c1-3-32-22-15-11-19(12-16-22)17-28-24(20-7-5-4-6-8-20)23(26(30)27(28)31)25(29)21-13-9-18(2)10-14-21/h4-16,24,29H,3,17H2,1-2H3/b25-23-. The molecule has 3 aromatic carbocycles. The fraction of sp³-hybridized carbons (Fsp3) is 0.185. The van der Waals surface area contributed by atoms with E-state index in [1.165, 1.54) is 4.90 Å². The zero-order valence-corrected chi connectivity index (χ0v) is 18.1. The molecule has 1 aliphatic rings. The Hall–Kier alpha value is -3.86. The van der Waals surface area contributed by atoms with Crippen molar-refractivity contribution in [2.24, 2.45) is 0 Å². The lowest BCUT2D eigenvalue weighted by Gasteiger charge is -2.25. The number of ketones is 1. The minimum Gasteiger partial charge on any atom is -0.507 e. The van der Waals surface area contributed by atoms with E-state index in [2.05, 4.69) is 0 Å². The first-order valence-corrected chi connectivity index (χ1v) is 10.6. The monoisotopic (exact) mass is 427 g/mol. The Labute approximate surface area is 187 Å². The Morgan fingerprint density at radius 1 is 0.938 bits per heavy atom. The second kappa shape index (κ2) is 9.10. The highest BCUT2D eigenvalue weighted by Crippen LogP contribution is 2.40. The lowest BCUT2D eigenvalue weighted by atomic mass is 9.95. The van der Waals surface area contributed by atoms with Crippen LogP contribution in [-0.2, 0) is 16.1 Å². The van der Waals surface area contributed by atoms with Crippen LogP contribution in [0.3, 0.4) is 0 Å². The van der Waals surface area contributed by atoms with E-state index in [0.29, 0.717) is 12.2 Å². The van der Waals surface area contributed by atoms with Crippen molar-refractivity contribution in [3.8, 4) is 5.75 Å². The number of likely N-dealkylation sites (tertiary alicyclic amines) is 1. The van der Waals surface area contributed by atoms with Crippen molar-refractivity contribution in [2.45, 2.75) is 26.4 Å². The summed E-state index contributed by atoms with van der Waals surface area (Å²) in [6.45, 7) is 4.67. The van der Waals surface area contributed by atoms with Gasteiger partial charge in [-0.3, -0.25) is 9.59 Å². The van der Waals surface area contributed by atoms with Gasteiger partial charge >= 0.3 is 0 Å². The Balaban J connectivity index is 1.77. The van der Waals surface area contributed by atoms with Crippen LogP contribution in [0.4, 0.5) is 0 Å². The van der Waals surface area contributed by atoms with Crippen LogP contribution in [0.5, 0.6) is 5.75 Å². The summed E-state index contributed by atoms with van der Waals surface area (Å²) >= 11 is 0. The maximum atomic E-state index is 13.1. The van der Waals surface area contributed by atoms with E-state index in [1.807, 2.05) is 80.6 Å². The summed E-state index contributed by atoms with van der Waals surface area (Å²) in [5.74, 6) is -0.715. The molecule has 162 valence electrons. The average molecular weight is 428 g/mol. The highest BCUT2D eigenvalue weighted by Gasteiger charge is 2.45. The Morgan fingerprint density at radius 2 is 1.59 bits per heavy atom. The molecule has 1 amide bonds. The van der Waals surface area contributed by atoms with Crippen LogP contribution in [0.15, 0.2) is 84.4 Å². The summed E-state index contributed by atoms with van der Waals surface area (Å²) in [5.41, 5.74) is 3.29. The van der Waals surface area contributed by atoms with Crippen molar-refractivity contribution in [3.63, 3.8) is 0 Å². The van der Waals surface area contributed by atoms with Crippen molar-refractivity contribution in [3.05, 3.63) is 107 Å². The van der Waals surface area contributed by atoms with Gasteiger partial charge in [0.05, 0.1) is 18.2 Å². The number of hydrogen-bond donors (Lipinski definition) is 1. The maximum absolute atomic E-state index is 13.1. The van der Waals surface area contributed by atoms with Crippen molar-refractivity contribution in [1.29, 1.82) is 0 Å². The number of aliphatic hydroxyl groups is 1. The van der Waals surface area contributed by atoms with Crippen LogP contribution < -0.4 is 4.74 Å². The highest BCUT2D eigenvalue weighted by molar-refractivity contribution is 6.46.